The predicted octanol–water partition coefficient (Wildman–Crippen LogP) is 4.49. The molecule has 0 amide bonds. The summed E-state index contributed by atoms with van der Waals surface area (Å²) in [4.78, 5) is 0. The summed E-state index contributed by atoms with van der Waals surface area (Å²) < 4.78 is 0. The highest BCUT2D eigenvalue weighted by molar-refractivity contribution is 5.60. The van der Waals surface area contributed by atoms with Gasteiger partial charge in [-0.15, -0.1) is 0 Å². The van der Waals surface area contributed by atoms with Gasteiger partial charge in [-0.05, 0) is 36.1 Å². The molecular formula is C19H26N2. The standard InChI is InChI=1S/C19H26N2/c1-4-5-15-21(20(2)3)19-14-10-9-13-18(19)16-17-11-7-6-8-12-17/h6-12,14,16H,4-5,13,15H2,1-3H3. The molecule has 0 saturated heterocycles. The molecule has 2 heteroatoms. The molecule has 0 N–H and O–H groups in total. The molecular weight excluding hydrogens is 256 g/mol. The summed E-state index contributed by atoms with van der Waals surface area (Å²) in [5.41, 5.74) is 3.97. The van der Waals surface area contributed by atoms with Crippen molar-refractivity contribution < 1.29 is 0 Å². The molecule has 0 unspecified atom stereocenters. The van der Waals surface area contributed by atoms with Gasteiger partial charge in [0, 0.05) is 20.6 Å². The largest absolute Gasteiger partial charge is 0.306 e. The normalized spacial score (nSPS) is 16.4. The van der Waals surface area contributed by atoms with E-state index in [-0.39, 0.29) is 0 Å². The van der Waals surface area contributed by atoms with Gasteiger partial charge in [-0.1, -0.05) is 55.8 Å². The maximum Gasteiger partial charge on any atom is 0.0557 e. The lowest BCUT2D eigenvalue weighted by atomic mass is 10.00. The van der Waals surface area contributed by atoms with E-state index in [0.29, 0.717) is 0 Å². The van der Waals surface area contributed by atoms with E-state index in [1.165, 1.54) is 29.7 Å². The smallest absolute Gasteiger partial charge is 0.0557 e. The van der Waals surface area contributed by atoms with Gasteiger partial charge < -0.3 is 5.01 Å². The maximum absolute atomic E-state index is 2.38. The molecule has 21 heavy (non-hydrogen) atoms. The van der Waals surface area contributed by atoms with Crippen LogP contribution in [0.25, 0.3) is 6.08 Å². The van der Waals surface area contributed by atoms with Gasteiger partial charge in [0.2, 0.25) is 0 Å². The van der Waals surface area contributed by atoms with E-state index in [0.717, 1.165) is 13.0 Å². The fourth-order valence-corrected chi connectivity index (χ4v) is 2.54. The molecule has 0 atom stereocenters. The van der Waals surface area contributed by atoms with Crippen LogP contribution in [-0.2, 0) is 0 Å². The van der Waals surface area contributed by atoms with Crippen LogP contribution in [0, 0.1) is 0 Å². The minimum Gasteiger partial charge on any atom is -0.306 e. The Labute approximate surface area is 129 Å². The van der Waals surface area contributed by atoms with Gasteiger partial charge in [0.15, 0.2) is 0 Å². The first-order chi connectivity index (χ1) is 10.2. The number of hydrazine groups is 1. The molecule has 0 saturated carbocycles. The van der Waals surface area contributed by atoms with Crippen LogP contribution in [0.1, 0.15) is 31.7 Å². The van der Waals surface area contributed by atoms with E-state index in [4.69, 9.17) is 0 Å². The zero-order chi connectivity index (χ0) is 15.1. The third kappa shape index (κ3) is 4.33. The predicted molar refractivity (Wildman–Crippen MR) is 91.6 cm³/mol. The van der Waals surface area contributed by atoms with Crippen LogP contribution in [0.3, 0.4) is 0 Å². The Bertz CT molecular complexity index is 524. The second kappa shape index (κ2) is 7.84. The van der Waals surface area contributed by atoms with Crippen molar-refractivity contribution in [3.8, 4) is 0 Å². The summed E-state index contributed by atoms with van der Waals surface area (Å²) in [5.74, 6) is 0. The van der Waals surface area contributed by atoms with Gasteiger partial charge in [-0.2, -0.15) is 0 Å². The number of nitrogens with zero attached hydrogens (tertiary/aromatic N) is 2. The molecule has 2 nitrogen and oxygen atoms in total. The Balaban J connectivity index is 2.27. The quantitative estimate of drug-likeness (QED) is 0.709. The molecule has 0 heterocycles. The van der Waals surface area contributed by atoms with Crippen LogP contribution in [0.2, 0.25) is 0 Å². The Hall–Kier alpha value is -1.80. The van der Waals surface area contributed by atoms with Crippen molar-refractivity contribution >= 4 is 6.08 Å². The number of allylic oxidation sites excluding steroid dienone is 4. The highest BCUT2D eigenvalue weighted by atomic mass is 15.6. The molecule has 0 aliphatic heterocycles. The van der Waals surface area contributed by atoms with Crippen LogP contribution in [0.5, 0.6) is 0 Å². The van der Waals surface area contributed by atoms with Crippen molar-refractivity contribution in [2.45, 2.75) is 26.2 Å². The molecule has 0 radical (unpaired) electrons. The molecule has 112 valence electrons. The molecule has 1 aromatic carbocycles. The minimum absolute atomic E-state index is 0.997. The average molecular weight is 282 g/mol. The second-order valence-electron chi connectivity index (χ2n) is 5.59. The van der Waals surface area contributed by atoms with Crippen LogP contribution < -0.4 is 0 Å². The van der Waals surface area contributed by atoms with Crippen molar-refractivity contribution in [2.75, 3.05) is 20.6 Å². The highest BCUT2D eigenvalue weighted by Gasteiger charge is 2.16. The number of unbranched alkanes of at least 4 members (excludes halogenated alkanes) is 1. The van der Waals surface area contributed by atoms with E-state index in [1.807, 2.05) is 0 Å². The lowest BCUT2D eigenvalue weighted by molar-refractivity contribution is 0.0669. The van der Waals surface area contributed by atoms with Crippen molar-refractivity contribution in [3.63, 3.8) is 0 Å². The van der Waals surface area contributed by atoms with Gasteiger partial charge in [0.25, 0.3) is 0 Å². The fraction of sp³-hybridized carbons (Fsp3) is 0.368. The van der Waals surface area contributed by atoms with Gasteiger partial charge in [-0.3, -0.25) is 0 Å². The van der Waals surface area contributed by atoms with Crippen molar-refractivity contribution in [1.29, 1.82) is 0 Å². The average Bonchev–Trinajstić information content (AvgIpc) is 2.50. The number of hydrogen-bond donors (Lipinski definition) is 0. The first-order valence-corrected chi connectivity index (χ1v) is 7.80. The second-order valence-corrected chi connectivity index (χ2v) is 5.59. The lowest BCUT2D eigenvalue weighted by Gasteiger charge is -2.35. The number of benzene rings is 1. The Morgan fingerprint density at radius 1 is 1.14 bits per heavy atom. The van der Waals surface area contributed by atoms with E-state index in [9.17, 15) is 0 Å². The molecule has 0 spiro atoms. The molecule has 0 fully saturated rings. The summed E-state index contributed by atoms with van der Waals surface area (Å²) in [6, 6.07) is 10.6. The molecule has 0 bridgehead atoms. The van der Waals surface area contributed by atoms with Gasteiger partial charge in [-0.25, -0.2) is 5.01 Å². The Morgan fingerprint density at radius 2 is 1.90 bits per heavy atom. The van der Waals surface area contributed by atoms with E-state index >= 15 is 0 Å². The van der Waals surface area contributed by atoms with E-state index in [1.54, 1.807) is 0 Å². The minimum atomic E-state index is 0.997. The van der Waals surface area contributed by atoms with E-state index < -0.39 is 0 Å². The topological polar surface area (TPSA) is 6.48 Å². The van der Waals surface area contributed by atoms with Crippen molar-refractivity contribution in [1.82, 2.24) is 10.0 Å². The third-order valence-corrected chi connectivity index (χ3v) is 3.68. The zero-order valence-corrected chi connectivity index (χ0v) is 13.4. The van der Waals surface area contributed by atoms with Gasteiger partial charge >= 0.3 is 0 Å². The summed E-state index contributed by atoms with van der Waals surface area (Å²) in [7, 11) is 4.24. The molecule has 2 rings (SSSR count). The third-order valence-electron chi connectivity index (χ3n) is 3.68. The summed E-state index contributed by atoms with van der Waals surface area (Å²) in [6.07, 6.45) is 12.3. The van der Waals surface area contributed by atoms with E-state index in [2.05, 4.69) is 85.7 Å². The first kappa shape index (κ1) is 15.6. The van der Waals surface area contributed by atoms with Crippen molar-refractivity contribution in [3.05, 3.63) is 65.4 Å². The van der Waals surface area contributed by atoms with Crippen molar-refractivity contribution in [2.24, 2.45) is 0 Å². The maximum atomic E-state index is 2.38. The van der Waals surface area contributed by atoms with Gasteiger partial charge in [0.05, 0.1) is 5.70 Å². The van der Waals surface area contributed by atoms with Crippen LogP contribution in [0.4, 0.5) is 0 Å². The lowest BCUT2D eigenvalue weighted by Crippen LogP contribution is -2.37. The molecule has 0 aromatic heterocycles. The fourth-order valence-electron chi connectivity index (χ4n) is 2.54. The molecule has 1 aromatic rings. The Morgan fingerprint density at radius 3 is 2.57 bits per heavy atom. The number of rotatable bonds is 6. The first-order valence-electron chi connectivity index (χ1n) is 7.80. The zero-order valence-electron chi connectivity index (χ0n) is 13.4. The monoisotopic (exact) mass is 282 g/mol. The highest BCUT2D eigenvalue weighted by Crippen LogP contribution is 2.26. The van der Waals surface area contributed by atoms with Crippen LogP contribution in [-0.4, -0.2) is 30.7 Å². The molecule has 1 aliphatic rings. The SMILES string of the molecule is CCCCN(C1=CC=CCC1=Cc1ccccc1)N(C)C. The summed E-state index contributed by atoms with van der Waals surface area (Å²) >= 11 is 0. The van der Waals surface area contributed by atoms with Gasteiger partial charge in [0.1, 0.15) is 0 Å². The van der Waals surface area contributed by atoms with Crippen LogP contribution >= 0.6 is 0 Å². The van der Waals surface area contributed by atoms with Crippen LogP contribution in [0.15, 0.2) is 59.8 Å². The summed E-state index contributed by atoms with van der Waals surface area (Å²) in [5, 5.41) is 4.57. The summed E-state index contributed by atoms with van der Waals surface area (Å²) in [6.45, 7) is 3.30. The Kier molecular flexibility index (Phi) is 5.82. The number of hydrogen-bond acceptors (Lipinski definition) is 2. The molecule has 1 aliphatic carbocycles.